The molecule has 0 aliphatic heterocycles. The molecule has 0 saturated carbocycles. The third-order valence-corrected chi connectivity index (χ3v) is 2.93. The fourth-order valence-electron chi connectivity index (χ4n) is 2.17. The standard InChI is InChI=1S/C13H18N2O/c1-9(2)15-7-10(3)12-6-4-5-11(8-16-14)13(12)15/h4-7,9H,8,14H2,1-3H3. The van der Waals surface area contributed by atoms with Crippen LogP contribution in [0.15, 0.2) is 24.4 Å². The molecule has 1 aromatic carbocycles. The summed E-state index contributed by atoms with van der Waals surface area (Å²) in [4.78, 5) is 4.77. The predicted molar refractivity (Wildman–Crippen MR) is 66.0 cm³/mol. The number of hydrogen-bond donors (Lipinski definition) is 1. The molecule has 0 saturated heterocycles. The number of fused-ring (bicyclic) bond motifs is 1. The molecule has 1 aromatic heterocycles. The van der Waals surface area contributed by atoms with Crippen LogP contribution in [0.25, 0.3) is 10.9 Å². The van der Waals surface area contributed by atoms with Crippen LogP contribution in [0.2, 0.25) is 0 Å². The SMILES string of the molecule is Cc1cn(C(C)C)c2c(CON)cccc12. The maximum absolute atomic E-state index is 5.18. The van der Waals surface area contributed by atoms with Crippen molar-refractivity contribution in [2.45, 2.75) is 33.4 Å². The molecule has 0 fully saturated rings. The Balaban J connectivity index is 2.72. The van der Waals surface area contributed by atoms with Crippen LogP contribution in [0.1, 0.15) is 31.0 Å². The summed E-state index contributed by atoms with van der Waals surface area (Å²) >= 11 is 0. The topological polar surface area (TPSA) is 40.2 Å². The molecule has 2 rings (SSSR count). The number of rotatable bonds is 3. The van der Waals surface area contributed by atoms with E-state index in [1.807, 2.05) is 6.07 Å². The summed E-state index contributed by atoms with van der Waals surface area (Å²) in [5.41, 5.74) is 3.67. The van der Waals surface area contributed by atoms with Gasteiger partial charge >= 0.3 is 0 Å². The first-order chi connectivity index (χ1) is 7.65. The number of nitrogens with zero attached hydrogens (tertiary/aromatic N) is 1. The predicted octanol–water partition coefficient (Wildman–Crippen LogP) is 2.92. The van der Waals surface area contributed by atoms with Crippen LogP contribution >= 0.6 is 0 Å². The molecule has 0 aliphatic rings. The number of aryl methyl sites for hydroxylation is 1. The second-order valence-corrected chi connectivity index (χ2v) is 4.44. The lowest BCUT2D eigenvalue weighted by Gasteiger charge is -2.12. The molecule has 0 aliphatic carbocycles. The third-order valence-electron chi connectivity index (χ3n) is 2.93. The van der Waals surface area contributed by atoms with Gasteiger partial charge in [0.05, 0.1) is 12.1 Å². The fraction of sp³-hybridized carbons (Fsp3) is 0.385. The van der Waals surface area contributed by atoms with Gasteiger partial charge in [-0.05, 0) is 26.3 Å². The first kappa shape index (κ1) is 11.2. The van der Waals surface area contributed by atoms with Crippen LogP contribution in [-0.2, 0) is 11.4 Å². The minimum absolute atomic E-state index is 0.440. The number of aromatic nitrogens is 1. The quantitative estimate of drug-likeness (QED) is 0.805. The largest absolute Gasteiger partial charge is 0.344 e. The summed E-state index contributed by atoms with van der Waals surface area (Å²) in [6.07, 6.45) is 2.19. The highest BCUT2D eigenvalue weighted by molar-refractivity contribution is 5.86. The van der Waals surface area contributed by atoms with E-state index in [-0.39, 0.29) is 0 Å². The third kappa shape index (κ3) is 1.72. The molecule has 0 bridgehead atoms. The van der Waals surface area contributed by atoms with Crippen LogP contribution in [0.4, 0.5) is 0 Å². The van der Waals surface area contributed by atoms with E-state index in [1.165, 1.54) is 16.5 Å². The van der Waals surface area contributed by atoms with Gasteiger partial charge in [-0.2, -0.15) is 0 Å². The maximum Gasteiger partial charge on any atom is 0.0950 e. The molecule has 0 spiro atoms. The Morgan fingerprint density at radius 1 is 1.38 bits per heavy atom. The Kier molecular flexibility index (Phi) is 2.99. The van der Waals surface area contributed by atoms with Gasteiger partial charge in [-0.1, -0.05) is 18.2 Å². The molecule has 3 heteroatoms. The summed E-state index contributed by atoms with van der Waals surface area (Å²) in [6, 6.07) is 6.70. The Morgan fingerprint density at radius 2 is 2.12 bits per heavy atom. The average Bonchev–Trinajstić information content (AvgIpc) is 2.58. The normalized spacial score (nSPS) is 11.6. The number of nitrogens with two attached hydrogens (primary N) is 1. The highest BCUT2D eigenvalue weighted by Crippen LogP contribution is 2.27. The molecular weight excluding hydrogens is 200 g/mol. The van der Waals surface area contributed by atoms with E-state index >= 15 is 0 Å². The minimum atomic E-state index is 0.440. The zero-order valence-corrected chi connectivity index (χ0v) is 10.0. The van der Waals surface area contributed by atoms with E-state index in [2.05, 4.69) is 43.7 Å². The molecule has 0 amide bonds. The lowest BCUT2D eigenvalue weighted by atomic mass is 10.1. The van der Waals surface area contributed by atoms with E-state index in [0.717, 1.165) is 5.56 Å². The van der Waals surface area contributed by atoms with Gasteiger partial charge < -0.3 is 4.57 Å². The molecule has 2 N–H and O–H groups in total. The van der Waals surface area contributed by atoms with Crippen molar-refractivity contribution < 1.29 is 4.84 Å². The summed E-state index contributed by atoms with van der Waals surface area (Å²) in [5, 5.41) is 1.28. The van der Waals surface area contributed by atoms with Crippen LogP contribution in [-0.4, -0.2) is 4.57 Å². The Hall–Kier alpha value is -1.32. The van der Waals surface area contributed by atoms with Crippen molar-refractivity contribution in [1.82, 2.24) is 4.57 Å². The van der Waals surface area contributed by atoms with Gasteiger partial charge in [-0.25, -0.2) is 5.90 Å². The van der Waals surface area contributed by atoms with Crippen molar-refractivity contribution in [2.24, 2.45) is 5.90 Å². The highest BCUT2D eigenvalue weighted by atomic mass is 16.6. The van der Waals surface area contributed by atoms with E-state index in [1.54, 1.807) is 0 Å². The molecule has 16 heavy (non-hydrogen) atoms. The number of para-hydroxylation sites is 1. The van der Waals surface area contributed by atoms with E-state index in [0.29, 0.717) is 12.6 Å². The van der Waals surface area contributed by atoms with Crippen molar-refractivity contribution >= 4 is 10.9 Å². The van der Waals surface area contributed by atoms with Crippen molar-refractivity contribution in [1.29, 1.82) is 0 Å². The lowest BCUT2D eigenvalue weighted by molar-refractivity contribution is 0.124. The fourth-order valence-corrected chi connectivity index (χ4v) is 2.17. The smallest absolute Gasteiger partial charge is 0.0950 e. The van der Waals surface area contributed by atoms with Crippen LogP contribution in [0.5, 0.6) is 0 Å². The molecular formula is C13H18N2O. The monoisotopic (exact) mass is 218 g/mol. The molecule has 0 unspecified atom stereocenters. The summed E-state index contributed by atoms with van der Waals surface area (Å²) in [6.45, 7) is 6.94. The number of benzene rings is 1. The molecule has 0 atom stereocenters. The molecule has 1 heterocycles. The van der Waals surface area contributed by atoms with Gasteiger partial charge in [0.25, 0.3) is 0 Å². The van der Waals surface area contributed by atoms with E-state index in [9.17, 15) is 0 Å². The molecule has 0 radical (unpaired) electrons. The van der Waals surface area contributed by atoms with Crippen molar-refractivity contribution in [3.63, 3.8) is 0 Å². The first-order valence-corrected chi connectivity index (χ1v) is 5.56. The zero-order valence-electron chi connectivity index (χ0n) is 10.0. The molecule has 2 aromatic rings. The van der Waals surface area contributed by atoms with Gasteiger partial charge in [0, 0.05) is 23.2 Å². The summed E-state index contributed by atoms with van der Waals surface area (Å²) in [5.74, 6) is 5.18. The van der Waals surface area contributed by atoms with Crippen molar-refractivity contribution in [3.05, 3.63) is 35.5 Å². The minimum Gasteiger partial charge on any atom is -0.344 e. The molecule has 3 nitrogen and oxygen atoms in total. The van der Waals surface area contributed by atoms with Crippen molar-refractivity contribution in [2.75, 3.05) is 0 Å². The Labute approximate surface area is 95.8 Å². The van der Waals surface area contributed by atoms with E-state index in [4.69, 9.17) is 10.7 Å². The second kappa shape index (κ2) is 4.28. The van der Waals surface area contributed by atoms with Gasteiger partial charge in [0.15, 0.2) is 0 Å². The first-order valence-electron chi connectivity index (χ1n) is 5.56. The summed E-state index contributed by atoms with van der Waals surface area (Å²) < 4.78 is 2.28. The Morgan fingerprint density at radius 3 is 2.75 bits per heavy atom. The zero-order chi connectivity index (χ0) is 11.7. The average molecular weight is 218 g/mol. The lowest BCUT2D eigenvalue weighted by Crippen LogP contribution is -2.04. The second-order valence-electron chi connectivity index (χ2n) is 4.44. The van der Waals surface area contributed by atoms with Crippen LogP contribution in [0.3, 0.4) is 0 Å². The van der Waals surface area contributed by atoms with Gasteiger partial charge in [0.2, 0.25) is 0 Å². The van der Waals surface area contributed by atoms with Gasteiger partial charge in [0.1, 0.15) is 0 Å². The van der Waals surface area contributed by atoms with Gasteiger partial charge in [-0.3, -0.25) is 4.84 Å². The number of hydrogen-bond acceptors (Lipinski definition) is 2. The van der Waals surface area contributed by atoms with Crippen LogP contribution in [0, 0.1) is 6.92 Å². The van der Waals surface area contributed by atoms with Crippen molar-refractivity contribution in [3.8, 4) is 0 Å². The maximum atomic E-state index is 5.18. The highest BCUT2D eigenvalue weighted by Gasteiger charge is 2.11. The molecule has 86 valence electrons. The van der Waals surface area contributed by atoms with E-state index < -0.39 is 0 Å². The van der Waals surface area contributed by atoms with Gasteiger partial charge in [-0.15, -0.1) is 0 Å². The Bertz CT molecular complexity index is 500. The van der Waals surface area contributed by atoms with Crippen LogP contribution < -0.4 is 5.90 Å². The summed E-state index contributed by atoms with van der Waals surface area (Å²) in [7, 11) is 0.